The topological polar surface area (TPSA) is 73.0 Å². The number of likely N-dealkylation sites (N-methyl/N-ethyl adjacent to an activating group) is 1. The average molecular weight is 497 g/mol. The van der Waals surface area contributed by atoms with Crippen LogP contribution in [0, 0.1) is 5.92 Å². The quantitative estimate of drug-likeness (QED) is 0.655. The first kappa shape index (κ1) is 24.9. The van der Waals surface area contributed by atoms with Crippen LogP contribution < -0.4 is 5.32 Å². The van der Waals surface area contributed by atoms with Gasteiger partial charge in [-0.1, -0.05) is 30.9 Å². The van der Waals surface area contributed by atoms with Crippen LogP contribution in [0.1, 0.15) is 44.9 Å². The van der Waals surface area contributed by atoms with E-state index >= 15 is 0 Å². The second kappa shape index (κ2) is 10.6. The summed E-state index contributed by atoms with van der Waals surface area (Å²) in [6.45, 7) is 5.92. The van der Waals surface area contributed by atoms with E-state index in [1.54, 1.807) is 24.3 Å². The van der Waals surface area contributed by atoms with Crippen molar-refractivity contribution in [2.24, 2.45) is 5.92 Å². The van der Waals surface area contributed by atoms with Crippen molar-refractivity contribution in [3.63, 3.8) is 0 Å². The number of nitrogens with one attached hydrogen (secondary N) is 1. The molecule has 1 N–H and O–H groups in total. The van der Waals surface area contributed by atoms with Crippen LogP contribution >= 0.6 is 11.6 Å². The van der Waals surface area contributed by atoms with E-state index < -0.39 is 10.0 Å². The fourth-order valence-corrected chi connectivity index (χ4v) is 7.06. The number of hydrogen-bond donors (Lipinski definition) is 1. The van der Waals surface area contributed by atoms with E-state index in [9.17, 15) is 13.2 Å². The molecule has 3 fully saturated rings. The van der Waals surface area contributed by atoms with E-state index in [1.165, 1.54) is 10.7 Å². The summed E-state index contributed by atoms with van der Waals surface area (Å²) in [6, 6.07) is 6.28. The molecule has 4 rings (SSSR count). The Labute approximate surface area is 203 Å². The van der Waals surface area contributed by atoms with E-state index in [0.29, 0.717) is 31.0 Å². The predicted molar refractivity (Wildman–Crippen MR) is 131 cm³/mol. The van der Waals surface area contributed by atoms with E-state index in [1.807, 2.05) is 0 Å². The molecular weight excluding hydrogens is 460 g/mol. The Balaban J connectivity index is 1.35. The number of amides is 1. The van der Waals surface area contributed by atoms with Crippen LogP contribution in [0.2, 0.25) is 5.02 Å². The monoisotopic (exact) mass is 496 g/mol. The number of hydrogen-bond acceptors (Lipinski definition) is 5. The van der Waals surface area contributed by atoms with E-state index in [-0.39, 0.29) is 22.3 Å². The molecule has 0 bridgehead atoms. The van der Waals surface area contributed by atoms with E-state index in [4.69, 9.17) is 11.6 Å². The molecule has 0 spiro atoms. The number of sulfonamides is 1. The first-order chi connectivity index (χ1) is 15.8. The summed E-state index contributed by atoms with van der Waals surface area (Å²) in [5.41, 5.74) is -0.141. The summed E-state index contributed by atoms with van der Waals surface area (Å²) >= 11 is 5.90. The minimum absolute atomic E-state index is 0.106. The fourth-order valence-electron chi connectivity index (χ4n) is 5.46. The van der Waals surface area contributed by atoms with Crippen LogP contribution in [0.25, 0.3) is 0 Å². The van der Waals surface area contributed by atoms with Gasteiger partial charge in [-0.2, -0.15) is 4.31 Å². The average Bonchev–Trinajstić information content (AvgIpc) is 2.81. The number of carbonyl (C=O) groups excluding carboxylic acids is 1. The summed E-state index contributed by atoms with van der Waals surface area (Å²) in [5, 5.41) is 3.99. The lowest BCUT2D eigenvalue weighted by Gasteiger charge is -2.44. The van der Waals surface area contributed by atoms with Gasteiger partial charge in [-0.3, -0.25) is 9.69 Å². The summed E-state index contributed by atoms with van der Waals surface area (Å²) in [5.74, 6) is -0.0254. The van der Waals surface area contributed by atoms with Crippen molar-refractivity contribution in [1.29, 1.82) is 0 Å². The number of benzene rings is 1. The second-order valence-electron chi connectivity index (χ2n) is 10.0. The minimum Gasteiger partial charge on any atom is -0.349 e. The highest BCUT2D eigenvalue weighted by Gasteiger charge is 2.39. The summed E-state index contributed by atoms with van der Waals surface area (Å²) in [6.07, 6.45) is 6.75. The van der Waals surface area contributed by atoms with Gasteiger partial charge in [-0.25, -0.2) is 8.42 Å². The van der Waals surface area contributed by atoms with Crippen LogP contribution in [0.5, 0.6) is 0 Å². The highest BCUT2D eigenvalue weighted by atomic mass is 35.5. The fraction of sp³-hybridized carbons (Fsp3) is 0.708. The lowest BCUT2D eigenvalue weighted by Crippen LogP contribution is -2.60. The Morgan fingerprint density at radius 3 is 2.21 bits per heavy atom. The van der Waals surface area contributed by atoms with Crippen LogP contribution in [0.4, 0.5) is 0 Å². The van der Waals surface area contributed by atoms with Crippen molar-refractivity contribution in [2.75, 3.05) is 52.9 Å². The zero-order valence-corrected chi connectivity index (χ0v) is 21.2. The van der Waals surface area contributed by atoms with E-state index in [2.05, 4.69) is 22.2 Å². The molecule has 0 radical (unpaired) electrons. The Kier molecular flexibility index (Phi) is 8.01. The Morgan fingerprint density at radius 1 is 1.00 bits per heavy atom. The first-order valence-corrected chi connectivity index (χ1v) is 14.1. The molecule has 1 saturated carbocycles. The number of halogens is 1. The molecule has 184 valence electrons. The molecule has 33 heavy (non-hydrogen) atoms. The molecular formula is C24H37ClN4O3S. The van der Waals surface area contributed by atoms with Crippen LogP contribution in [0.15, 0.2) is 29.2 Å². The number of piperazine rings is 1. The molecule has 3 aliphatic rings. The molecule has 0 aromatic heterocycles. The van der Waals surface area contributed by atoms with Crippen LogP contribution in [0.3, 0.4) is 0 Å². The molecule has 1 aliphatic carbocycles. The Bertz CT molecular complexity index is 902. The predicted octanol–water partition coefficient (Wildman–Crippen LogP) is 2.81. The molecule has 1 aromatic rings. The smallest absolute Gasteiger partial charge is 0.243 e. The third kappa shape index (κ3) is 6.09. The van der Waals surface area contributed by atoms with Crippen LogP contribution in [-0.4, -0.2) is 86.8 Å². The number of piperidine rings is 1. The molecule has 2 heterocycles. The van der Waals surface area contributed by atoms with Gasteiger partial charge in [0.2, 0.25) is 15.9 Å². The molecule has 2 aliphatic heterocycles. The summed E-state index contributed by atoms with van der Waals surface area (Å²) in [4.78, 5) is 18.4. The lowest BCUT2D eigenvalue weighted by molar-refractivity contribution is -0.129. The number of carbonyl (C=O) groups is 1. The van der Waals surface area contributed by atoms with Gasteiger partial charge < -0.3 is 10.2 Å². The minimum atomic E-state index is -3.56. The van der Waals surface area contributed by atoms with Gasteiger partial charge in [-0.05, 0) is 57.0 Å². The van der Waals surface area contributed by atoms with Gasteiger partial charge in [0.15, 0.2) is 0 Å². The number of nitrogens with zero attached hydrogens (tertiary/aromatic N) is 3. The lowest BCUT2D eigenvalue weighted by atomic mass is 9.80. The van der Waals surface area contributed by atoms with Crippen molar-refractivity contribution in [1.82, 2.24) is 19.4 Å². The van der Waals surface area contributed by atoms with Crippen molar-refractivity contribution >= 4 is 27.5 Å². The van der Waals surface area contributed by atoms with Gasteiger partial charge >= 0.3 is 0 Å². The van der Waals surface area contributed by atoms with Gasteiger partial charge in [-0.15, -0.1) is 0 Å². The van der Waals surface area contributed by atoms with Gasteiger partial charge in [0.05, 0.1) is 10.4 Å². The van der Waals surface area contributed by atoms with Gasteiger partial charge in [0.1, 0.15) is 0 Å². The SMILES string of the molecule is CN1CCN(CC2(NC(=O)C3CCN(S(=O)(=O)c4ccc(Cl)cc4)CC3)CCCCC2)CC1. The molecule has 9 heteroatoms. The van der Waals surface area contributed by atoms with Crippen molar-refractivity contribution in [3.05, 3.63) is 29.3 Å². The van der Waals surface area contributed by atoms with Gasteiger partial charge in [0.25, 0.3) is 0 Å². The third-order valence-corrected chi connectivity index (χ3v) is 9.76. The van der Waals surface area contributed by atoms with E-state index in [0.717, 1.165) is 58.4 Å². The highest BCUT2D eigenvalue weighted by molar-refractivity contribution is 7.89. The van der Waals surface area contributed by atoms with Gasteiger partial charge in [0, 0.05) is 56.8 Å². The molecule has 0 unspecified atom stereocenters. The normalized spacial score (nSPS) is 23.9. The largest absolute Gasteiger partial charge is 0.349 e. The highest BCUT2D eigenvalue weighted by Crippen LogP contribution is 2.31. The maximum atomic E-state index is 13.3. The van der Waals surface area contributed by atoms with Crippen LogP contribution in [-0.2, 0) is 14.8 Å². The summed E-state index contributed by atoms with van der Waals surface area (Å²) in [7, 11) is -1.40. The maximum absolute atomic E-state index is 13.3. The molecule has 0 atom stereocenters. The zero-order valence-electron chi connectivity index (χ0n) is 19.6. The molecule has 7 nitrogen and oxygen atoms in total. The Hall–Kier alpha value is -1.19. The maximum Gasteiger partial charge on any atom is 0.243 e. The second-order valence-corrected chi connectivity index (χ2v) is 12.4. The standard InChI is InChI=1S/C24H37ClN4O3S/c1-27-15-17-28(18-16-27)19-24(11-3-2-4-12-24)26-23(30)20-9-13-29(14-10-20)33(31,32)22-7-5-21(25)6-8-22/h5-8,20H,2-4,9-19H2,1H3,(H,26,30). The summed E-state index contributed by atoms with van der Waals surface area (Å²) < 4.78 is 27.4. The Morgan fingerprint density at radius 2 is 1.61 bits per heavy atom. The number of rotatable bonds is 6. The zero-order chi connectivity index (χ0) is 23.5. The van der Waals surface area contributed by atoms with Crippen molar-refractivity contribution < 1.29 is 13.2 Å². The molecule has 2 saturated heterocycles. The molecule has 1 amide bonds. The van der Waals surface area contributed by atoms with Crippen molar-refractivity contribution in [2.45, 2.75) is 55.4 Å². The van der Waals surface area contributed by atoms with Crippen molar-refractivity contribution in [3.8, 4) is 0 Å². The first-order valence-electron chi connectivity index (χ1n) is 12.3. The third-order valence-electron chi connectivity index (χ3n) is 7.60. The molecule has 1 aromatic carbocycles.